The van der Waals surface area contributed by atoms with Gasteiger partial charge >= 0.3 is 7.62 Å². The Morgan fingerprint density at radius 1 is 0.758 bits per heavy atom. The van der Waals surface area contributed by atoms with Crippen LogP contribution in [0.3, 0.4) is 0 Å². The van der Waals surface area contributed by atoms with E-state index in [1.54, 1.807) is 0 Å². The van der Waals surface area contributed by atoms with Crippen molar-refractivity contribution in [3.8, 4) is 0 Å². The third kappa shape index (κ3) is 5.40. The van der Waals surface area contributed by atoms with Gasteiger partial charge in [0.25, 0.3) is 0 Å². The van der Waals surface area contributed by atoms with E-state index in [9.17, 15) is 0 Å². The Morgan fingerprint density at radius 2 is 1.21 bits per heavy atom. The van der Waals surface area contributed by atoms with E-state index >= 15 is 0 Å². The summed E-state index contributed by atoms with van der Waals surface area (Å²) in [6, 6.07) is 11.2. The summed E-state index contributed by atoms with van der Waals surface area (Å²) in [6.07, 6.45) is 0.758. The van der Waals surface area contributed by atoms with Crippen molar-refractivity contribution >= 4 is 24.2 Å². The van der Waals surface area contributed by atoms with Gasteiger partial charge in [-0.3, -0.25) is 0 Å². The van der Waals surface area contributed by atoms with E-state index in [0.717, 1.165) is 6.42 Å². The van der Waals surface area contributed by atoms with Gasteiger partial charge in [0.05, 0.1) is 0 Å². The number of hydrogen-bond donors (Lipinski definition) is 0. The zero-order chi connectivity index (χ0) is 25.1. The van der Waals surface area contributed by atoms with Gasteiger partial charge in [-0.15, -0.1) is 0 Å². The summed E-state index contributed by atoms with van der Waals surface area (Å²) in [7, 11) is -1.90. The average Bonchev–Trinajstić information content (AvgIpc) is 3.07. The second-order valence-corrected chi connectivity index (χ2v) is 23.2. The lowest BCUT2D eigenvalue weighted by Crippen LogP contribution is -2.64. The fraction of sp³-hybridized carbons (Fsp3) is 0.778. The Balaban J connectivity index is 2.58. The van der Waals surface area contributed by atoms with E-state index in [1.807, 2.05) is 0 Å². The van der Waals surface area contributed by atoms with E-state index in [0.29, 0.717) is 33.2 Å². The van der Waals surface area contributed by atoms with Crippen molar-refractivity contribution in [3.63, 3.8) is 0 Å². The van der Waals surface area contributed by atoms with Gasteiger partial charge in [-0.1, -0.05) is 113 Å². The van der Waals surface area contributed by atoms with Gasteiger partial charge in [0, 0.05) is 6.04 Å². The van der Waals surface area contributed by atoms with Crippen LogP contribution in [0.1, 0.15) is 88.6 Å². The number of benzene rings is 1. The molecule has 3 nitrogen and oxygen atoms in total. The molecule has 0 aliphatic carbocycles. The van der Waals surface area contributed by atoms with Crippen molar-refractivity contribution in [1.82, 2.24) is 4.48 Å². The molecule has 1 aliphatic heterocycles. The number of hydrogen-bond acceptors (Lipinski definition) is 3. The first kappa shape index (κ1) is 28.8. The molecule has 1 unspecified atom stereocenters. The van der Waals surface area contributed by atoms with Crippen LogP contribution in [0.5, 0.6) is 0 Å². The molecule has 1 heterocycles. The van der Waals surface area contributed by atoms with Crippen LogP contribution in [0, 0.1) is 0 Å². The van der Waals surface area contributed by atoms with Gasteiger partial charge in [0.1, 0.15) is 14.5 Å². The Morgan fingerprint density at radius 3 is 1.61 bits per heavy atom. The molecule has 0 amide bonds. The first-order chi connectivity index (χ1) is 15.3. The first-order valence-electron chi connectivity index (χ1n) is 13.3. The zero-order valence-electron chi connectivity index (χ0n) is 23.6. The molecule has 0 aromatic heterocycles. The minimum Gasteiger partial charge on any atom is -0.399 e. The lowest BCUT2D eigenvalue weighted by atomic mass is 10.1. The molecule has 1 fully saturated rings. The predicted octanol–water partition coefficient (Wildman–Crippen LogP) is 8.16. The Hall–Kier alpha value is -0.401. The van der Waals surface area contributed by atoms with E-state index in [2.05, 4.69) is 126 Å². The highest BCUT2D eigenvalue weighted by molar-refractivity contribution is 6.85. The van der Waals surface area contributed by atoms with Gasteiger partial charge in [-0.2, -0.15) is 0 Å². The molecule has 0 N–H and O–H groups in total. The average molecular weight is 489 g/mol. The van der Waals surface area contributed by atoms with E-state index in [4.69, 9.17) is 9.08 Å². The summed E-state index contributed by atoms with van der Waals surface area (Å²) in [4.78, 5) is 0. The standard InChI is InChI=1S/C27H51BNO2Si2/c1-19(2)32(20(3)4,21(5)6)29-26(18-25-16-14-13-15-17-25)27(30-28-29)31-33(22(7)8,23(9)10)24(11)12/h13-17,19-24,26-27H,18H2,1-12H3/t26-,27?/m0/s1. The molecule has 187 valence electrons. The minimum atomic E-state index is -2.08. The Bertz CT molecular complexity index is 681. The second kappa shape index (κ2) is 11.6. The maximum Gasteiger partial charge on any atom is 0.393 e. The van der Waals surface area contributed by atoms with Crippen LogP contribution in [0.4, 0.5) is 0 Å². The van der Waals surface area contributed by atoms with E-state index in [-0.39, 0.29) is 12.3 Å². The molecule has 0 spiro atoms. The van der Waals surface area contributed by atoms with E-state index in [1.165, 1.54) is 5.56 Å². The van der Waals surface area contributed by atoms with Crippen molar-refractivity contribution in [2.24, 2.45) is 0 Å². The molecule has 1 radical (unpaired) electrons. The third-order valence-electron chi connectivity index (χ3n) is 8.52. The molecule has 1 aliphatic rings. The monoisotopic (exact) mass is 488 g/mol. The summed E-state index contributed by atoms with van der Waals surface area (Å²) in [5, 5.41) is 0. The summed E-state index contributed by atoms with van der Waals surface area (Å²) in [5.41, 5.74) is 4.84. The molecule has 2 rings (SSSR count). The van der Waals surface area contributed by atoms with Crippen LogP contribution >= 0.6 is 0 Å². The van der Waals surface area contributed by atoms with Gasteiger partial charge in [0.2, 0.25) is 8.32 Å². The highest BCUT2D eigenvalue weighted by Gasteiger charge is 2.57. The van der Waals surface area contributed by atoms with Crippen molar-refractivity contribution < 1.29 is 9.08 Å². The Labute approximate surface area is 208 Å². The van der Waals surface area contributed by atoms with Crippen LogP contribution in [0.25, 0.3) is 0 Å². The summed E-state index contributed by atoms with van der Waals surface area (Å²) in [6.45, 7) is 28.8. The molecule has 0 saturated carbocycles. The lowest BCUT2D eigenvalue weighted by Gasteiger charge is -2.52. The van der Waals surface area contributed by atoms with Gasteiger partial charge in [0.15, 0.2) is 0 Å². The molecule has 2 atom stereocenters. The topological polar surface area (TPSA) is 21.7 Å². The van der Waals surface area contributed by atoms with Gasteiger partial charge < -0.3 is 13.6 Å². The normalized spacial score (nSPS) is 20.8. The smallest absolute Gasteiger partial charge is 0.393 e. The van der Waals surface area contributed by atoms with Crippen LogP contribution in [-0.4, -0.2) is 41.0 Å². The minimum absolute atomic E-state index is 0.202. The van der Waals surface area contributed by atoms with Crippen molar-refractivity contribution in [1.29, 1.82) is 0 Å². The highest BCUT2D eigenvalue weighted by atomic mass is 28.4. The predicted molar refractivity (Wildman–Crippen MR) is 150 cm³/mol. The number of nitrogens with zero attached hydrogens (tertiary/aromatic N) is 1. The highest BCUT2D eigenvalue weighted by Crippen LogP contribution is 2.49. The lowest BCUT2D eigenvalue weighted by molar-refractivity contribution is -0.0126. The zero-order valence-corrected chi connectivity index (χ0v) is 25.6. The van der Waals surface area contributed by atoms with Crippen LogP contribution < -0.4 is 0 Å². The van der Waals surface area contributed by atoms with E-state index < -0.39 is 16.6 Å². The Kier molecular flexibility index (Phi) is 10.1. The molecule has 1 aromatic rings. The first-order valence-corrected chi connectivity index (χ1v) is 17.6. The number of rotatable bonds is 11. The van der Waals surface area contributed by atoms with Crippen LogP contribution in [-0.2, 0) is 15.5 Å². The third-order valence-corrected chi connectivity index (χ3v) is 21.5. The van der Waals surface area contributed by atoms with Crippen LogP contribution in [0.2, 0.25) is 33.2 Å². The SMILES string of the molecule is CC(C)[Si](OC1O[B]N([Si](C(C)C)(C(C)C)C(C)C)[C@H]1Cc1ccccc1)(C(C)C)C(C)C. The maximum atomic E-state index is 7.30. The van der Waals surface area contributed by atoms with Gasteiger partial charge in [-0.25, -0.2) is 0 Å². The molecular formula is C27H51BNO2Si2. The largest absolute Gasteiger partial charge is 0.399 e. The molecule has 33 heavy (non-hydrogen) atoms. The maximum absolute atomic E-state index is 7.30. The quantitative estimate of drug-likeness (QED) is 0.293. The summed E-state index contributed by atoms with van der Waals surface area (Å²) < 4.78 is 16.6. The fourth-order valence-corrected chi connectivity index (χ4v) is 19.7. The summed E-state index contributed by atoms with van der Waals surface area (Å²) in [5.74, 6) is 0. The van der Waals surface area contributed by atoms with Gasteiger partial charge in [-0.05, 0) is 45.2 Å². The molecular weight excluding hydrogens is 437 g/mol. The van der Waals surface area contributed by atoms with Crippen molar-refractivity contribution in [3.05, 3.63) is 35.9 Å². The van der Waals surface area contributed by atoms with Crippen LogP contribution in [0.15, 0.2) is 30.3 Å². The summed E-state index contributed by atoms with van der Waals surface area (Å²) >= 11 is 0. The van der Waals surface area contributed by atoms with Crippen molar-refractivity contribution in [2.75, 3.05) is 0 Å². The fourth-order valence-electron chi connectivity index (χ4n) is 7.46. The second-order valence-electron chi connectivity index (χ2n) is 12.1. The molecule has 1 saturated heterocycles. The van der Waals surface area contributed by atoms with Crippen molar-refractivity contribution in [2.45, 2.75) is 135 Å². The molecule has 0 bridgehead atoms. The molecule has 6 heteroatoms. The molecule has 1 aromatic carbocycles.